The van der Waals surface area contributed by atoms with Crippen LogP contribution in [-0.4, -0.2) is 19.8 Å². The average molecular weight is 283 g/mol. The number of nitrogens with one attached hydrogen (secondary N) is 1. The maximum Gasteiger partial charge on any atom is 0.0661 e. The second kappa shape index (κ2) is 7.06. The van der Waals surface area contributed by atoms with Crippen LogP contribution in [0.2, 0.25) is 0 Å². The van der Waals surface area contributed by atoms with E-state index in [9.17, 15) is 0 Å². The summed E-state index contributed by atoms with van der Waals surface area (Å²) in [7, 11) is 0. The molecule has 1 unspecified atom stereocenters. The Kier molecular flexibility index (Phi) is 4.89. The second-order valence-corrected chi connectivity index (χ2v) is 6.09. The maximum atomic E-state index is 5.92. The smallest absolute Gasteiger partial charge is 0.0661 e. The number of ether oxygens (including phenoxy) is 1. The van der Waals surface area contributed by atoms with Gasteiger partial charge >= 0.3 is 0 Å². The van der Waals surface area contributed by atoms with Crippen molar-refractivity contribution in [2.75, 3.05) is 19.8 Å². The highest BCUT2D eigenvalue weighted by atomic mass is 16.5. The lowest BCUT2D eigenvalue weighted by molar-refractivity contribution is 0.103. The molecule has 0 radical (unpaired) electrons. The minimum absolute atomic E-state index is 0.299. The predicted octanol–water partition coefficient (Wildman–Crippen LogP) is 4.31. The van der Waals surface area contributed by atoms with E-state index in [4.69, 9.17) is 4.74 Å². The summed E-state index contributed by atoms with van der Waals surface area (Å²) >= 11 is 0. The normalized spacial score (nSPS) is 16.2. The Balaban J connectivity index is 1.71. The number of hydrogen-bond acceptors (Lipinski definition) is 2. The molecule has 1 N–H and O–H groups in total. The molecule has 0 amide bonds. The van der Waals surface area contributed by atoms with Crippen LogP contribution in [0.5, 0.6) is 0 Å². The number of rotatable bonds is 8. The van der Waals surface area contributed by atoms with Crippen LogP contribution in [0.15, 0.2) is 42.5 Å². The average Bonchev–Trinajstić information content (AvgIpc) is 3.34. The van der Waals surface area contributed by atoms with Crippen LogP contribution in [-0.2, 0) is 4.74 Å². The molecule has 1 saturated carbocycles. The fourth-order valence-electron chi connectivity index (χ4n) is 2.65. The largest absolute Gasteiger partial charge is 0.379 e. The third-order valence-corrected chi connectivity index (χ3v) is 4.15. The van der Waals surface area contributed by atoms with Crippen molar-refractivity contribution in [3.8, 4) is 0 Å². The fourth-order valence-corrected chi connectivity index (χ4v) is 2.65. The summed E-state index contributed by atoms with van der Waals surface area (Å²) in [4.78, 5) is 0. The molecule has 112 valence electrons. The van der Waals surface area contributed by atoms with Crippen LogP contribution in [0.25, 0.3) is 10.8 Å². The van der Waals surface area contributed by atoms with Gasteiger partial charge in [0.1, 0.15) is 0 Å². The number of benzene rings is 2. The van der Waals surface area contributed by atoms with Gasteiger partial charge in [0.25, 0.3) is 0 Å². The molecule has 2 aromatic carbocycles. The topological polar surface area (TPSA) is 21.3 Å². The van der Waals surface area contributed by atoms with Gasteiger partial charge in [-0.2, -0.15) is 0 Å². The molecule has 1 aliphatic carbocycles. The van der Waals surface area contributed by atoms with Gasteiger partial charge in [-0.05, 0) is 54.1 Å². The Morgan fingerprint density at radius 2 is 1.95 bits per heavy atom. The Hall–Kier alpha value is -1.38. The first kappa shape index (κ1) is 14.6. The quantitative estimate of drug-likeness (QED) is 0.779. The summed E-state index contributed by atoms with van der Waals surface area (Å²) in [6.07, 6.45) is 3.85. The van der Waals surface area contributed by atoms with Crippen LogP contribution in [0.1, 0.15) is 37.8 Å². The summed E-state index contributed by atoms with van der Waals surface area (Å²) in [5, 5.41) is 6.23. The molecular weight excluding hydrogens is 258 g/mol. The van der Waals surface area contributed by atoms with Crippen LogP contribution in [0, 0.1) is 5.92 Å². The van der Waals surface area contributed by atoms with E-state index < -0.39 is 0 Å². The summed E-state index contributed by atoms with van der Waals surface area (Å²) in [6.45, 7) is 4.94. The highest BCUT2D eigenvalue weighted by Gasteiger charge is 2.22. The van der Waals surface area contributed by atoms with Gasteiger partial charge in [0.15, 0.2) is 0 Å². The molecule has 3 rings (SSSR count). The predicted molar refractivity (Wildman–Crippen MR) is 88.5 cm³/mol. The molecule has 0 spiro atoms. The standard InChI is InChI=1S/C19H25NO/c1-2-11-20-19(14-21-13-15-7-8-15)18-10-9-16-5-3-4-6-17(16)12-18/h3-6,9-10,12,15,19-20H,2,7-8,11,13-14H2,1H3. The molecule has 0 aromatic heterocycles. The third-order valence-electron chi connectivity index (χ3n) is 4.15. The summed E-state index contributed by atoms with van der Waals surface area (Å²) in [6, 6.07) is 15.6. The van der Waals surface area contributed by atoms with Crippen LogP contribution < -0.4 is 5.32 Å². The molecule has 0 saturated heterocycles. The lowest BCUT2D eigenvalue weighted by Gasteiger charge is -2.19. The number of fused-ring (bicyclic) bond motifs is 1. The molecule has 1 fully saturated rings. The second-order valence-electron chi connectivity index (χ2n) is 6.09. The monoisotopic (exact) mass is 283 g/mol. The molecule has 2 aromatic rings. The first-order valence-corrected chi connectivity index (χ1v) is 8.16. The summed E-state index contributed by atoms with van der Waals surface area (Å²) in [5.74, 6) is 0.827. The Morgan fingerprint density at radius 1 is 1.14 bits per heavy atom. The van der Waals surface area contributed by atoms with E-state index in [2.05, 4.69) is 54.7 Å². The molecule has 0 heterocycles. The van der Waals surface area contributed by atoms with E-state index in [1.165, 1.54) is 29.2 Å². The molecule has 21 heavy (non-hydrogen) atoms. The number of hydrogen-bond donors (Lipinski definition) is 1. The lowest BCUT2D eigenvalue weighted by Crippen LogP contribution is -2.26. The third kappa shape index (κ3) is 4.05. The van der Waals surface area contributed by atoms with Crippen LogP contribution in [0.3, 0.4) is 0 Å². The molecular formula is C19H25NO. The van der Waals surface area contributed by atoms with E-state index in [0.717, 1.165) is 32.1 Å². The van der Waals surface area contributed by atoms with Crippen molar-refractivity contribution in [2.24, 2.45) is 5.92 Å². The van der Waals surface area contributed by atoms with Crippen molar-refractivity contribution in [1.29, 1.82) is 0 Å². The maximum absolute atomic E-state index is 5.92. The molecule has 2 heteroatoms. The van der Waals surface area contributed by atoms with Crippen molar-refractivity contribution in [1.82, 2.24) is 5.32 Å². The first-order valence-electron chi connectivity index (χ1n) is 8.16. The molecule has 2 nitrogen and oxygen atoms in total. The van der Waals surface area contributed by atoms with E-state index in [-0.39, 0.29) is 0 Å². The van der Waals surface area contributed by atoms with E-state index in [1.54, 1.807) is 0 Å². The fraction of sp³-hybridized carbons (Fsp3) is 0.474. The van der Waals surface area contributed by atoms with E-state index >= 15 is 0 Å². The van der Waals surface area contributed by atoms with Crippen LogP contribution in [0.4, 0.5) is 0 Å². The van der Waals surface area contributed by atoms with Gasteiger partial charge in [-0.15, -0.1) is 0 Å². The summed E-state index contributed by atoms with van der Waals surface area (Å²) < 4.78 is 5.92. The zero-order valence-corrected chi connectivity index (χ0v) is 12.8. The van der Waals surface area contributed by atoms with Crippen molar-refractivity contribution in [3.63, 3.8) is 0 Å². The highest BCUT2D eigenvalue weighted by molar-refractivity contribution is 5.83. The van der Waals surface area contributed by atoms with Gasteiger partial charge in [0.2, 0.25) is 0 Å². The van der Waals surface area contributed by atoms with Gasteiger partial charge in [-0.25, -0.2) is 0 Å². The minimum Gasteiger partial charge on any atom is -0.379 e. The first-order chi connectivity index (χ1) is 10.4. The van der Waals surface area contributed by atoms with Crippen molar-refractivity contribution in [2.45, 2.75) is 32.2 Å². The van der Waals surface area contributed by atoms with Crippen molar-refractivity contribution < 1.29 is 4.74 Å². The van der Waals surface area contributed by atoms with Gasteiger partial charge in [-0.3, -0.25) is 0 Å². The van der Waals surface area contributed by atoms with Crippen LogP contribution >= 0.6 is 0 Å². The van der Waals surface area contributed by atoms with E-state index in [0.29, 0.717) is 6.04 Å². The Morgan fingerprint density at radius 3 is 2.71 bits per heavy atom. The molecule has 0 bridgehead atoms. The molecule has 0 aliphatic heterocycles. The van der Waals surface area contributed by atoms with E-state index in [1.807, 2.05) is 0 Å². The highest BCUT2D eigenvalue weighted by Crippen LogP contribution is 2.29. The SMILES string of the molecule is CCCNC(COCC1CC1)c1ccc2ccccc2c1. The zero-order chi connectivity index (χ0) is 14.5. The molecule has 1 aliphatic rings. The van der Waals surface area contributed by atoms with Crippen molar-refractivity contribution >= 4 is 10.8 Å². The lowest BCUT2D eigenvalue weighted by atomic mass is 10.0. The van der Waals surface area contributed by atoms with Gasteiger partial charge in [0, 0.05) is 6.61 Å². The Labute approximate surface area is 127 Å². The van der Waals surface area contributed by atoms with Gasteiger partial charge in [-0.1, -0.05) is 43.3 Å². The minimum atomic E-state index is 0.299. The van der Waals surface area contributed by atoms with Crippen molar-refractivity contribution in [3.05, 3.63) is 48.0 Å². The zero-order valence-electron chi connectivity index (χ0n) is 12.8. The van der Waals surface area contributed by atoms with Gasteiger partial charge in [0.05, 0.1) is 12.6 Å². The molecule has 1 atom stereocenters. The van der Waals surface area contributed by atoms with Gasteiger partial charge < -0.3 is 10.1 Å². The summed E-state index contributed by atoms with van der Waals surface area (Å²) in [5.41, 5.74) is 1.33. The Bertz CT molecular complexity index is 577.